The molecule has 0 aliphatic carbocycles. The Balaban J connectivity index is 1.85. The van der Waals surface area contributed by atoms with Gasteiger partial charge in [-0.25, -0.2) is 4.98 Å². The van der Waals surface area contributed by atoms with E-state index in [1.165, 1.54) is 0 Å². The number of nitrogens with one attached hydrogen (secondary N) is 2. The second kappa shape index (κ2) is 7.95. The number of pyridine rings is 1. The summed E-state index contributed by atoms with van der Waals surface area (Å²) >= 11 is 0. The molecule has 0 bridgehead atoms. The number of morpholine rings is 1. The van der Waals surface area contributed by atoms with Crippen molar-refractivity contribution in [1.82, 2.24) is 15.2 Å². The zero-order chi connectivity index (χ0) is 15.1. The minimum absolute atomic E-state index is 0.0673. The highest BCUT2D eigenvalue weighted by Gasteiger charge is 2.20. The molecule has 1 amide bonds. The van der Waals surface area contributed by atoms with Crippen molar-refractivity contribution in [3.8, 4) is 0 Å². The van der Waals surface area contributed by atoms with Crippen molar-refractivity contribution in [3.05, 3.63) is 23.9 Å². The number of likely N-dealkylation sites (N-methyl/N-ethyl adjacent to an activating group) is 1. The molecule has 6 heteroatoms. The molecule has 2 heterocycles. The van der Waals surface area contributed by atoms with Crippen LogP contribution in [0.3, 0.4) is 0 Å². The molecule has 1 aromatic heterocycles. The van der Waals surface area contributed by atoms with Gasteiger partial charge in [0.2, 0.25) is 0 Å². The molecule has 1 saturated heterocycles. The quantitative estimate of drug-likeness (QED) is 0.817. The van der Waals surface area contributed by atoms with Crippen LogP contribution in [0.5, 0.6) is 0 Å². The summed E-state index contributed by atoms with van der Waals surface area (Å²) < 4.78 is 5.68. The number of anilines is 1. The molecule has 2 rings (SSSR count). The fourth-order valence-electron chi connectivity index (χ4n) is 2.35. The zero-order valence-corrected chi connectivity index (χ0v) is 12.8. The molecule has 1 atom stereocenters. The smallest absolute Gasteiger partial charge is 0.251 e. The number of aromatic nitrogens is 1. The number of rotatable bonds is 6. The zero-order valence-electron chi connectivity index (χ0n) is 12.8. The van der Waals surface area contributed by atoms with E-state index in [1.54, 1.807) is 18.3 Å². The van der Waals surface area contributed by atoms with E-state index in [2.05, 4.69) is 27.4 Å². The van der Waals surface area contributed by atoms with Crippen molar-refractivity contribution in [2.24, 2.45) is 0 Å². The number of nitrogens with zero attached hydrogens (tertiary/aromatic N) is 2. The van der Waals surface area contributed by atoms with Crippen LogP contribution in [0.4, 0.5) is 5.82 Å². The van der Waals surface area contributed by atoms with Crippen LogP contribution in [0.1, 0.15) is 24.2 Å². The Morgan fingerprint density at radius 3 is 3.14 bits per heavy atom. The number of amides is 1. The maximum Gasteiger partial charge on any atom is 0.251 e. The summed E-state index contributed by atoms with van der Waals surface area (Å²) in [5, 5.41) is 6.04. The van der Waals surface area contributed by atoms with Crippen molar-refractivity contribution < 1.29 is 9.53 Å². The van der Waals surface area contributed by atoms with E-state index < -0.39 is 0 Å². The molecule has 21 heavy (non-hydrogen) atoms. The first-order chi connectivity index (χ1) is 10.2. The van der Waals surface area contributed by atoms with Gasteiger partial charge in [-0.15, -0.1) is 0 Å². The third-order valence-electron chi connectivity index (χ3n) is 3.54. The summed E-state index contributed by atoms with van der Waals surface area (Å²) in [5.41, 5.74) is 0.615. The minimum atomic E-state index is -0.0891. The van der Waals surface area contributed by atoms with Crippen LogP contribution in [-0.2, 0) is 4.74 Å². The molecule has 1 aliphatic heterocycles. The van der Waals surface area contributed by atoms with E-state index in [0.717, 1.165) is 38.6 Å². The van der Waals surface area contributed by atoms with Gasteiger partial charge in [0.05, 0.1) is 12.7 Å². The monoisotopic (exact) mass is 292 g/mol. The first-order valence-corrected chi connectivity index (χ1v) is 7.55. The molecule has 0 aromatic carbocycles. The predicted molar refractivity (Wildman–Crippen MR) is 82.6 cm³/mol. The van der Waals surface area contributed by atoms with Crippen LogP contribution in [0.15, 0.2) is 18.3 Å². The third-order valence-corrected chi connectivity index (χ3v) is 3.54. The van der Waals surface area contributed by atoms with E-state index in [9.17, 15) is 4.79 Å². The van der Waals surface area contributed by atoms with Gasteiger partial charge in [0, 0.05) is 37.9 Å². The molecule has 1 unspecified atom stereocenters. The first-order valence-electron chi connectivity index (χ1n) is 7.55. The Labute approximate surface area is 125 Å². The minimum Gasteiger partial charge on any atom is -0.374 e. The van der Waals surface area contributed by atoms with Crippen LogP contribution < -0.4 is 10.6 Å². The van der Waals surface area contributed by atoms with E-state index in [0.29, 0.717) is 12.1 Å². The third kappa shape index (κ3) is 4.68. The van der Waals surface area contributed by atoms with Gasteiger partial charge in [0.1, 0.15) is 5.82 Å². The van der Waals surface area contributed by atoms with Gasteiger partial charge in [-0.1, -0.05) is 6.92 Å². The Morgan fingerprint density at radius 2 is 2.38 bits per heavy atom. The van der Waals surface area contributed by atoms with Gasteiger partial charge in [0.25, 0.3) is 5.91 Å². The number of carbonyl (C=O) groups excluding carboxylic acids is 1. The van der Waals surface area contributed by atoms with Gasteiger partial charge in [0.15, 0.2) is 0 Å². The van der Waals surface area contributed by atoms with Crippen molar-refractivity contribution in [2.75, 3.05) is 44.6 Å². The number of hydrogen-bond acceptors (Lipinski definition) is 5. The van der Waals surface area contributed by atoms with Gasteiger partial charge in [-0.2, -0.15) is 0 Å². The van der Waals surface area contributed by atoms with E-state index in [1.807, 2.05) is 6.92 Å². The Morgan fingerprint density at radius 1 is 1.52 bits per heavy atom. The van der Waals surface area contributed by atoms with Gasteiger partial charge >= 0.3 is 0 Å². The molecule has 0 spiro atoms. The van der Waals surface area contributed by atoms with E-state index in [-0.39, 0.29) is 12.0 Å². The average Bonchev–Trinajstić information content (AvgIpc) is 2.53. The van der Waals surface area contributed by atoms with E-state index >= 15 is 0 Å². The van der Waals surface area contributed by atoms with Crippen LogP contribution in [-0.4, -0.2) is 61.2 Å². The second-order valence-electron chi connectivity index (χ2n) is 5.06. The normalized spacial score (nSPS) is 19.2. The molecule has 1 aliphatic rings. The summed E-state index contributed by atoms with van der Waals surface area (Å²) in [6.45, 7) is 9.04. The lowest BCUT2D eigenvalue weighted by atomic mass is 10.2. The maximum absolute atomic E-state index is 12.2. The predicted octanol–water partition coefficient (Wildman–Crippen LogP) is 0.964. The summed E-state index contributed by atoms with van der Waals surface area (Å²) in [4.78, 5) is 18.6. The topological polar surface area (TPSA) is 66.5 Å². The molecule has 6 nitrogen and oxygen atoms in total. The lowest BCUT2D eigenvalue weighted by molar-refractivity contribution is -0.0246. The lowest BCUT2D eigenvalue weighted by Crippen LogP contribution is -2.47. The highest BCUT2D eigenvalue weighted by molar-refractivity contribution is 5.94. The Bertz CT molecular complexity index is 467. The Hall–Kier alpha value is -1.66. The summed E-state index contributed by atoms with van der Waals surface area (Å²) in [5.74, 6) is 0.630. The van der Waals surface area contributed by atoms with Crippen LogP contribution in [0, 0.1) is 0 Å². The maximum atomic E-state index is 12.2. The van der Waals surface area contributed by atoms with Crippen LogP contribution >= 0.6 is 0 Å². The molecule has 116 valence electrons. The highest BCUT2D eigenvalue weighted by atomic mass is 16.5. The van der Waals surface area contributed by atoms with Crippen LogP contribution in [0.2, 0.25) is 0 Å². The summed E-state index contributed by atoms with van der Waals surface area (Å²) in [6.07, 6.45) is 1.71. The van der Waals surface area contributed by atoms with E-state index in [4.69, 9.17) is 4.74 Å². The summed E-state index contributed by atoms with van der Waals surface area (Å²) in [6, 6.07) is 3.48. The van der Waals surface area contributed by atoms with Crippen molar-refractivity contribution >= 4 is 11.7 Å². The van der Waals surface area contributed by atoms with Crippen molar-refractivity contribution in [1.29, 1.82) is 0 Å². The Kier molecular flexibility index (Phi) is 5.95. The molecule has 1 aromatic rings. The SMILES string of the molecule is CCNc1cc(C(=O)NCC2CN(CC)CCO2)ccn1. The molecular formula is C15H24N4O2. The number of carbonyl (C=O) groups is 1. The lowest BCUT2D eigenvalue weighted by Gasteiger charge is -2.32. The van der Waals surface area contributed by atoms with Gasteiger partial charge in [-0.05, 0) is 25.6 Å². The number of hydrogen-bond donors (Lipinski definition) is 2. The van der Waals surface area contributed by atoms with Crippen molar-refractivity contribution in [2.45, 2.75) is 20.0 Å². The molecule has 0 radical (unpaired) electrons. The van der Waals surface area contributed by atoms with Crippen molar-refractivity contribution in [3.63, 3.8) is 0 Å². The average molecular weight is 292 g/mol. The molecule has 2 N–H and O–H groups in total. The standard InChI is InChI=1S/C15H24N4O2/c1-3-16-14-9-12(5-6-17-14)15(20)18-10-13-11-19(4-2)7-8-21-13/h5-6,9,13H,3-4,7-8,10-11H2,1-2H3,(H,16,17)(H,18,20). The van der Waals surface area contributed by atoms with Gasteiger partial charge in [-0.3, -0.25) is 9.69 Å². The molecular weight excluding hydrogens is 268 g/mol. The highest BCUT2D eigenvalue weighted by Crippen LogP contribution is 2.07. The fraction of sp³-hybridized carbons (Fsp3) is 0.600. The largest absolute Gasteiger partial charge is 0.374 e. The fourth-order valence-corrected chi connectivity index (χ4v) is 2.35. The molecule has 1 fully saturated rings. The molecule has 0 saturated carbocycles. The van der Waals surface area contributed by atoms with Gasteiger partial charge < -0.3 is 15.4 Å². The van der Waals surface area contributed by atoms with Crippen LogP contribution in [0.25, 0.3) is 0 Å². The first kappa shape index (κ1) is 15.7. The second-order valence-corrected chi connectivity index (χ2v) is 5.06. The number of ether oxygens (including phenoxy) is 1. The summed E-state index contributed by atoms with van der Waals surface area (Å²) in [7, 11) is 0.